The van der Waals surface area contributed by atoms with E-state index in [1.165, 1.54) is 11.1 Å². The highest BCUT2D eigenvalue weighted by Gasteiger charge is 2.06. The molecule has 1 atom stereocenters. The van der Waals surface area contributed by atoms with Gasteiger partial charge in [0.15, 0.2) is 5.96 Å². The number of ether oxygens (including phenoxy) is 1. The number of aliphatic imine (C=N–C) groups is 1. The molecule has 0 amide bonds. The molecule has 0 heterocycles. The maximum absolute atomic E-state index is 5.08. The Morgan fingerprint density at radius 2 is 1.91 bits per heavy atom. The van der Waals surface area contributed by atoms with E-state index in [1.54, 1.807) is 14.2 Å². The summed E-state index contributed by atoms with van der Waals surface area (Å²) in [5, 5.41) is 6.74. The minimum absolute atomic E-state index is 0.443. The quantitative estimate of drug-likeness (QED) is 0.538. The summed E-state index contributed by atoms with van der Waals surface area (Å²) < 4.78 is 5.08. The van der Waals surface area contributed by atoms with E-state index in [9.17, 15) is 0 Å². The van der Waals surface area contributed by atoms with Gasteiger partial charge in [-0.05, 0) is 25.5 Å². The second-order valence-corrected chi connectivity index (χ2v) is 5.99. The van der Waals surface area contributed by atoms with Crippen molar-refractivity contribution in [2.45, 2.75) is 19.8 Å². The van der Waals surface area contributed by atoms with Crippen LogP contribution in [0.5, 0.6) is 0 Å². The van der Waals surface area contributed by atoms with E-state index in [2.05, 4.69) is 65.7 Å². The normalized spacial score (nSPS) is 13.2. The van der Waals surface area contributed by atoms with Gasteiger partial charge in [-0.2, -0.15) is 0 Å². The lowest BCUT2D eigenvalue weighted by atomic mass is 10.0. The lowest BCUT2D eigenvalue weighted by molar-refractivity contribution is 0.162. The zero-order chi connectivity index (χ0) is 17.1. The maximum Gasteiger partial charge on any atom is 0.191 e. The standard InChI is InChI=1S/C18H32N4O/c1-15-6-8-17(9-7-15)16(2)14-21-18(19-3)20-10-11-22(4)12-13-23-5/h6-9,16H,10-14H2,1-5H3,(H2,19,20,21). The molecule has 2 N–H and O–H groups in total. The van der Waals surface area contributed by atoms with Gasteiger partial charge in [0.2, 0.25) is 0 Å². The van der Waals surface area contributed by atoms with Crippen LogP contribution in [-0.4, -0.2) is 64.9 Å². The van der Waals surface area contributed by atoms with E-state index in [1.807, 2.05) is 0 Å². The molecular weight excluding hydrogens is 288 g/mol. The van der Waals surface area contributed by atoms with Gasteiger partial charge in [-0.3, -0.25) is 4.99 Å². The lowest BCUT2D eigenvalue weighted by Crippen LogP contribution is -2.42. The molecule has 0 aliphatic carbocycles. The molecule has 0 bridgehead atoms. The van der Waals surface area contributed by atoms with Gasteiger partial charge in [-0.25, -0.2) is 0 Å². The molecule has 5 nitrogen and oxygen atoms in total. The van der Waals surface area contributed by atoms with E-state index in [0.717, 1.165) is 38.7 Å². The Kier molecular flexibility index (Phi) is 9.33. The van der Waals surface area contributed by atoms with Gasteiger partial charge in [0.25, 0.3) is 0 Å². The smallest absolute Gasteiger partial charge is 0.191 e. The van der Waals surface area contributed by atoms with Crippen molar-refractivity contribution in [3.8, 4) is 0 Å². The van der Waals surface area contributed by atoms with Crippen LogP contribution >= 0.6 is 0 Å². The van der Waals surface area contributed by atoms with Crippen molar-refractivity contribution in [2.24, 2.45) is 4.99 Å². The van der Waals surface area contributed by atoms with Crippen molar-refractivity contribution in [1.82, 2.24) is 15.5 Å². The van der Waals surface area contributed by atoms with Crippen LogP contribution in [-0.2, 0) is 4.74 Å². The van der Waals surface area contributed by atoms with Crippen molar-refractivity contribution in [1.29, 1.82) is 0 Å². The van der Waals surface area contributed by atoms with Gasteiger partial charge < -0.3 is 20.3 Å². The number of hydrogen-bond donors (Lipinski definition) is 2. The van der Waals surface area contributed by atoms with Gasteiger partial charge >= 0.3 is 0 Å². The van der Waals surface area contributed by atoms with Crippen molar-refractivity contribution in [3.63, 3.8) is 0 Å². The van der Waals surface area contributed by atoms with Crippen LogP contribution in [0.25, 0.3) is 0 Å². The molecule has 23 heavy (non-hydrogen) atoms. The molecular formula is C18H32N4O. The predicted octanol–water partition coefficient (Wildman–Crippen LogP) is 1.84. The SMILES string of the molecule is CN=C(NCCN(C)CCOC)NCC(C)c1ccc(C)cc1. The number of benzene rings is 1. The molecule has 5 heteroatoms. The highest BCUT2D eigenvalue weighted by atomic mass is 16.5. The summed E-state index contributed by atoms with van der Waals surface area (Å²) in [4.78, 5) is 6.51. The zero-order valence-corrected chi connectivity index (χ0v) is 15.2. The highest BCUT2D eigenvalue weighted by Crippen LogP contribution is 2.14. The van der Waals surface area contributed by atoms with Crippen LogP contribution in [0.2, 0.25) is 0 Å². The minimum atomic E-state index is 0.443. The van der Waals surface area contributed by atoms with E-state index in [4.69, 9.17) is 4.74 Å². The Bertz CT molecular complexity index is 459. The first-order valence-electron chi connectivity index (χ1n) is 8.25. The van der Waals surface area contributed by atoms with E-state index < -0.39 is 0 Å². The molecule has 0 aliphatic heterocycles. The van der Waals surface area contributed by atoms with Gasteiger partial charge in [0.05, 0.1) is 6.61 Å². The van der Waals surface area contributed by atoms with E-state index in [-0.39, 0.29) is 0 Å². The molecule has 0 saturated heterocycles. The van der Waals surface area contributed by atoms with Crippen molar-refractivity contribution < 1.29 is 4.74 Å². The second kappa shape index (κ2) is 11.0. The number of aryl methyl sites for hydroxylation is 1. The summed E-state index contributed by atoms with van der Waals surface area (Å²) in [5.74, 6) is 1.29. The van der Waals surface area contributed by atoms with Crippen molar-refractivity contribution >= 4 is 5.96 Å². The molecule has 0 spiro atoms. The van der Waals surface area contributed by atoms with Crippen LogP contribution < -0.4 is 10.6 Å². The fraction of sp³-hybridized carbons (Fsp3) is 0.611. The van der Waals surface area contributed by atoms with Gasteiger partial charge in [0, 0.05) is 40.3 Å². The number of guanidine groups is 1. The van der Waals surface area contributed by atoms with Crippen molar-refractivity contribution in [2.75, 3.05) is 54.0 Å². The van der Waals surface area contributed by atoms with Crippen LogP contribution in [0.3, 0.4) is 0 Å². The summed E-state index contributed by atoms with van der Waals surface area (Å²) in [6, 6.07) is 8.72. The molecule has 130 valence electrons. The molecule has 1 aromatic carbocycles. The summed E-state index contributed by atoms with van der Waals surface area (Å²) in [6.45, 7) is 8.72. The van der Waals surface area contributed by atoms with Crippen molar-refractivity contribution in [3.05, 3.63) is 35.4 Å². The third kappa shape index (κ3) is 8.00. The van der Waals surface area contributed by atoms with E-state index >= 15 is 0 Å². The highest BCUT2D eigenvalue weighted by molar-refractivity contribution is 5.79. The number of hydrogen-bond acceptors (Lipinski definition) is 3. The van der Waals surface area contributed by atoms with Gasteiger partial charge in [-0.15, -0.1) is 0 Å². The predicted molar refractivity (Wildman–Crippen MR) is 98.3 cm³/mol. The molecule has 0 fully saturated rings. The third-order valence-corrected chi connectivity index (χ3v) is 3.91. The number of rotatable bonds is 9. The minimum Gasteiger partial charge on any atom is -0.383 e. The zero-order valence-electron chi connectivity index (χ0n) is 15.2. The Balaban J connectivity index is 2.29. The summed E-state index contributed by atoms with van der Waals surface area (Å²) in [6.07, 6.45) is 0. The molecule has 0 aliphatic rings. The fourth-order valence-electron chi connectivity index (χ4n) is 2.21. The van der Waals surface area contributed by atoms with Gasteiger partial charge in [0.1, 0.15) is 0 Å². The molecule has 0 saturated carbocycles. The summed E-state index contributed by atoms with van der Waals surface area (Å²) in [5.41, 5.74) is 2.64. The average Bonchev–Trinajstić information content (AvgIpc) is 2.56. The Morgan fingerprint density at radius 1 is 1.22 bits per heavy atom. The monoisotopic (exact) mass is 320 g/mol. The molecule has 1 rings (SSSR count). The Hall–Kier alpha value is -1.59. The Labute approximate surface area is 141 Å². The summed E-state index contributed by atoms with van der Waals surface area (Å²) in [7, 11) is 5.63. The van der Waals surface area contributed by atoms with Crippen LogP contribution in [0.4, 0.5) is 0 Å². The number of methoxy groups -OCH3 is 1. The first-order valence-corrected chi connectivity index (χ1v) is 8.25. The maximum atomic E-state index is 5.08. The van der Waals surface area contributed by atoms with Gasteiger partial charge in [-0.1, -0.05) is 36.8 Å². The van der Waals surface area contributed by atoms with Crippen LogP contribution in [0, 0.1) is 6.92 Å². The topological polar surface area (TPSA) is 48.9 Å². The molecule has 0 radical (unpaired) electrons. The number of likely N-dealkylation sites (N-methyl/N-ethyl adjacent to an activating group) is 1. The first-order chi connectivity index (χ1) is 11.1. The fourth-order valence-corrected chi connectivity index (χ4v) is 2.21. The second-order valence-electron chi connectivity index (χ2n) is 5.99. The molecule has 0 aromatic heterocycles. The number of nitrogens with one attached hydrogen (secondary N) is 2. The summed E-state index contributed by atoms with van der Waals surface area (Å²) >= 11 is 0. The van der Waals surface area contributed by atoms with Crippen LogP contribution in [0.1, 0.15) is 24.0 Å². The van der Waals surface area contributed by atoms with Crippen LogP contribution in [0.15, 0.2) is 29.3 Å². The third-order valence-electron chi connectivity index (χ3n) is 3.91. The average molecular weight is 320 g/mol. The first kappa shape index (κ1) is 19.5. The van der Waals surface area contributed by atoms with E-state index in [0.29, 0.717) is 5.92 Å². The molecule has 1 aromatic rings. The lowest BCUT2D eigenvalue weighted by Gasteiger charge is -2.19. The Morgan fingerprint density at radius 3 is 2.52 bits per heavy atom. The largest absolute Gasteiger partial charge is 0.383 e. The molecule has 1 unspecified atom stereocenters. The number of nitrogens with zero attached hydrogens (tertiary/aromatic N) is 2.